The Morgan fingerprint density at radius 2 is 0.863 bits per heavy atom. The lowest BCUT2D eigenvalue weighted by atomic mass is 9.67. The summed E-state index contributed by atoms with van der Waals surface area (Å²) in [7, 11) is 0. The van der Waals surface area contributed by atoms with Crippen LogP contribution in [0, 0.1) is 0 Å². The van der Waals surface area contributed by atoms with Crippen LogP contribution in [0.1, 0.15) is 78.8 Å². The zero-order valence-electron chi connectivity index (χ0n) is 63.1. The van der Waals surface area contributed by atoms with Gasteiger partial charge in [0.05, 0.1) is 45.1 Å². The summed E-state index contributed by atoms with van der Waals surface area (Å²) in [4.78, 5) is 1.52. The minimum absolute atomic E-state index is 0.304. The van der Waals surface area contributed by atoms with Gasteiger partial charge < -0.3 is 4.90 Å². The maximum absolute atomic E-state index is 10.8. The van der Waals surface area contributed by atoms with Gasteiger partial charge in [-0.05, 0) is 147 Å². The molecule has 1 nitrogen and oxygen atoms in total. The number of nitrogens with zero attached hydrogens (tertiary/aromatic N) is 1. The van der Waals surface area contributed by atoms with Crippen LogP contribution in [0.3, 0.4) is 0 Å². The Balaban J connectivity index is 1.13. The summed E-state index contributed by atoms with van der Waals surface area (Å²) >= 11 is 0. The second-order valence-corrected chi connectivity index (χ2v) is 17.9. The first kappa shape index (κ1) is 23.7. The number of rotatable bonds is 7. The number of anilines is 3. The summed E-state index contributed by atoms with van der Waals surface area (Å²) < 4.78 is 242. The Morgan fingerprint density at radius 3 is 1.59 bits per heavy atom. The third kappa shape index (κ3) is 5.79. The van der Waals surface area contributed by atoms with E-state index in [9.17, 15) is 27.4 Å². The van der Waals surface area contributed by atoms with E-state index in [-0.39, 0.29) is 0 Å². The van der Waals surface area contributed by atoms with Gasteiger partial charge in [-0.15, -0.1) is 0 Å². The zero-order chi connectivity index (χ0) is 69.8. The van der Waals surface area contributed by atoms with Gasteiger partial charge in [-0.1, -0.05) is 248 Å². The summed E-state index contributed by atoms with van der Waals surface area (Å²) in [5, 5.41) is -1.43. The largest absolute Gasteiger partial charge is 0.310 e. The van der Waals surface area contributed by atoms with Gasteiger partial charge in [-0.2, -0.15) is 0 Å². The van der Waals surface area contributed by atoms with Crippen LogP contribution in [0.2, 0.25) is 0 Å². The molecular formula is C72H47N. The number of benzene rings is 12. The van der Waals surface area contributed by atoms with Gasteiger partial charge in [0.1, 0.15) is 0 Å². The summed E-state index contributed by atoms with van der Waals surface area (Å²) in [5.41, 5.74) is -6.76. The predicted molar refractivity (Wildman–Crippen MR) is 303 cm³/mol. The molecule has 1 spiro atoms. The summed E-state index contributed by atoms with van der Waals surface area (Å²) in [5.74, 6) is 0. The molecule has 12 aromatic carbocycles. The molecule has 3 aliphatic rings. The van der Waals surface area contributed by atoms with Gasteiger partial charge >= 0.3 is 0 Å². The first-order chi connectivity index (χ1) is 46.6. The van der Waals surface area contributed by atoms with E-state index in [1.807, 2.05) is 91.0 Å². The van der Waals surface area contributed by atoms with Crippen LogP contribution in [0.25, 0.3) is 66.4 Å². The van der Waals surface area contributed by atoms with Crippen molar-refractivity contribution < 1.29 is 34.3 Å². The molecule has 0 N–H and O–H groups in total. The van der Waals surface area contributed by atoms with Gasteiger partial charge in [0.2, 0.25) is 0 Å². The molecule has 0 saturated heterocycles. The average Bonchev–Trinajstić information content (AvgIpc) is 1.47. The molecule has 3 aliphatic carbocycles. The lowest BCUT2D eigenvalue weighted by Gasteiger charge is -2.35. The fraction of sp³-hybridized carbons (Fsp3) is 0.0278. The lowest BCUT2D eigenvalue weighted by molar-refractivity contribution is 0.768. The highest BCUT2D eigenvalue weighted by atomic mass is 15.1. The van der Waals surface area contributed by atoms with Crippen LogP contribution in [-0.4, -0.2) is 0 Å². The molecule has 73 heavy (non-hydrogen) atoms. The summed E-state index contributed by atoms with van der Waals surface area (Å²) in [6.45, 7) is 0. The smallest absolute Gasteiger partial charge is 0.0725 e. The fourth-order valence-corrected chi connectivity index (χ4v) is 11.7. The topological polar surface area (TPSA) is 3.24 Å². The molecule has 12 aromatic rings. The van der Waals surface area contributed by atoms with Crippen molar-refractivity contribution >= 4 is 27.8 Å². The standard InChI is InChI=1S/C72H47N/c1-4-24-50(25-5-1)71(51-26-6-2-7-27-51)63-37-16-12-34-59(63)60-45-43-54(47-68(60)71)73(52-28-8-3-9-29-52)53-30-20-23-49(46-53)56-44-42-48-22-10-11-31-55(48)69(56)62-36-21-41-67-70(62)61-35-15-19-40-66(61)72(67)64-38-17-13-32-57(64)58-33-14-18-39-65(58)72/h1-47H/i10D,11D,13D,14D,15D,17D,18D,19D,20D,21D,22D,23D,30D,31D,32D,33D,35D,36D,38D,39D,40D,41D,42D,44D,46D. The molecule has 1 heteroatoms. The van der Waals surface area contributed by atoms with Crippen molar-refractivity contribution in [2.45, 2.75) is 10.8 Å². The van der Waals surface area contributed by atoms with E-state index in [0.717, 1.165) is 33.4 Å². The average molecular weight is 951 g/mol. The highest BCUT2D eigenvalue weighted by Crippen LogP contribution is 2.65. The van der Waals surface area contributed by atoms with E-state index in [1.165, 1.54) is 4.90 Å². The number of hydrogen-bond donors (Lipinski definition) is 0. The quantitative estimate of drug-likeness (QED) is 0.154. The highest BCUT2D eigenvalue weighted by Gasteiger charge is 2.52. The maximum atomic E-state index is 10.8. The highest BCUT2D eigenvalue weighted by molar-refractivity contribution is 6.10. The first-order valence-corrected chi connectivity index (χ1v) is 23.5. The van der Waals surface area contributed by atoms with Crippen LogP contribution in [-0.2, 0) is 10.8 Å². The summed E-state index contributed by atoms with van der Waals surface area (Å²) in [6, 6.07) is 18.2. The maximum Gasteiger partial charge on any atom is 0.0725 e. The SMILES string of the molecule is [2H]c1c([2H])c([2H])c2c(c1[2H])-c1c([2H])c([2H])c([2H])c([2H])c1C21c2c([2H])c([2H])c([2H])c([2H])c2-c2c(-c3c(-c4c([2H])c([2H])c([2H])c(N(c5ccccc5)c5ccc6c(c5)C(c5ccccc5)(c5ccccc5)c5ccccc5-6)c4[2H])c([2H])c([2H])c4c([2H])c([2H])c([2H])c([2H])c34)c([2H])c([2H])c([2H])c21. The third-order valence-electron chi connectivity index (χ3n) is 14.5. The minimum atomic E-state index is -2.90. The van der Waals surface area contributed by atoms with Crippen LogP contribution in [0.4, 0.5) is 17.1 Å². The van der Waals surface area contributed by atoms with Crippen molar-refractivity contribution in [2.24, 2.45) is 0 Å². The van der Waals surface area contributed by atoms with Crippen molar-refractivity contribution in [2.75, 3.05) is 4.90 Å². The van der Waals surface area contributed by atoms with Crippen LogP contribution in [0.5, 0.6) is 0 Å². The van der Waals surface area contributed by atoms with E-state index >= 15 is 0 Å². The van der Waals surface area contributed by atoms with Crippen molar-refractivity contribution in [3.63, 3.8) is 0 Å². The molecule has 0 atom stereocenters. The first-order valence-electron chi connectivity index (χ1n) is 36.0. The van der Waals surface area contributed by atoms with Gasteiger partial charge in [-0.3, -0.25) is 0 Å². The minimum Gasteiger partial charge on any atom is -0.310 e. The molecule has 0 heterocycles. The van der Waals surface area contributed by atoms with E-state index in [1.54, 1.807) is 36.4 Å². The molecule has 0 bridgehead atoms. The van der Waals surface area contributed by atoms with Crippen molar-refractivity contribution in [3.8, 4) is 55.6 Å². The monoisotopic (exact) mass is 951 g/mol. The molecular weight excluding hydrogens is 879 g/mol. The fourth-order valence-electron chi connectivity index (χ4n) is 11.7. The number of para-hydroxylation sites is 1. The van der Waals surface area contributed by atoms with Crippen molar-refractivity contribution in [3.05, 3.63) is 329 Å². The molecule has 0 aromatic heterocycles. The van der Waals surface area contributed by atoms with E-state index in [4.69, 9.17) is 6.85 Å². The number of hydrogen-bond acceptors (Lipinski definition) is 1. The Morgan fingerprint density at radius 1 is 0.301 bits per heavy atom. The lowest BCUT2D eigenvalue weighted by Crippen LogP contribution is -2.28. The number of fused-ring (bicyclic) bond motifs is 14. The van der Waals surface area contributed by atoms with Gasteiger partial charge in [-0.25, -0.2) is 0 Å². The molecule has 0 aliphatic heterocycles. The Bertz CT molecular complexity index is 5530. The molecule has 0 radical (unpaired) electrons. The Hall–Kier alpha value is -9.30. The molecule has 340 valence electrons. The predicted octanol–water partition coefficient (Wildman–Crippen LogP) is 18.4. The molecule has 0 fully saturated rings. The summed E-state index contributed by atoms with van der Waals surface area (Å²) in [6.07, 6.45) is 0. The Labute approximate surface area is 461 Å². The van der Waals surface area contributed by atoms with Crippen molar-refractivity contribution in [1.29, 1.82) is 0 Å². The Kier molecular flexibility index (Phi) is 5.24. The van der Waals surface area contributed by atoms with Gasteiger partial charge in [0.25, 0.3) is 0 Å². The zero-order valence-corrected chi connectivity index (χ0v) is 38.1. The molecule has 0 amide bonds. The second-order valence-electron chi connectivity index (χ2n) is 17.9. The molecule has 0 unspecified atom stereocenters. The third-order valence-corrected chi connectivity index (χ3v) is 14.5. The second kappa shape index (κ2) is 16.1. The van der Waals surface area contributed by atoms with Crippen LogP contribution >= 0.6 is 0 Å². The molecule has 0 saturated carbocycles. The van der Waals surface area contributed by atoms with E-state index in [2.05, 4.69) is 6.07 Å². The van der Waals surface area contributed by atoms with E-state index < -0.39 is 245 Å². The van der Waals surface area contributed by atoms with Crippen molar-refractivity contribution in [1.82, 2.24) is 0 Å². The normalized spacial score (nSPS) is 18.5. The van der Waals surface area contributed by atoms with Crippen LogP contribution < -0.4 is 4.90 Å². The van der Waals surface area contributed by atoms with Crippen LogP contribution in [0.15, 0.2) is 285 Å². The van der Waals surface area contributed by atoms with E-state index in [0.29, 0.717) is 11.4 Å². The van der Waals surface area contributed by atoms with Gasteiger partial charge in [0, 0.05) is 17.1 Å². The molecule has 15 rings (SSSR count). The van der Waals surface area contributed by atoms with Gasteiger partial charge in [0.15, 0.2) is 0 Å².